The summed E-state index contributed by atoms with van der Waals surface area (Å²) in [4.78, 5) is 12.4. The number of anilines is 1. The third kappa shape index (κ3) is 6.48. The Kier molecular flexibility index (Phi) is 7.60. The van der Waals surface area contributed by atoms with Crippen LogP contribution in [0.15, 0.2) is 48.5 Å². The lowest BCUT2D eigenvalue weighted by Crippen LogP contribution is -2.34. The maximum absolute atomic E-state index is 12.4. The van der Waals surface area contributed by atoms with Gasteiger partial charge in [0.2, 0.25) is 0 Å². The van der Waals surface area contributed by atoms with Gasteiger partial charge in [-0.15, -0.1) is 0 Å². The summed E-state index contributed by atoms with van der Waals surface area (Å²) in [5.74, 6) is 0.394. The predicted octanol–water partition coefficient (Wildman–Crippen LogP) is 4.94. The molecule has 0 saturated carbocycles. The molecule has 0 fully saturated rings. The van der Waals surface area contributed by atoms with Crippen LogP contribution in [0.3, 0.4) is 0 Å². The molecular formula is C21H26N2O2S. The van der Waals surface area contributed by atoms with Crippen molar-refractivity contribution in [2.45, 2.75) is 46.1 Å². The van der Waals surface area contributed by atoms with E-state index in [-0.39, 0.29) is 17.1 Å². The Morgan fingerprint density at radius 3 is 2.54 bits per heavy atom. The first-order valence-electron chi connectivity index (χ1n) is 8.96. The number of carbonyl (C=O) groups excluding carboxylic acids is 1. The van der Waals surface area contributed by atoms with Crippen LogP contribution in [0.25, 0.3) is 0 Å². The Morgan fingerprint density at radius 1 is 1.15 bits per heavy atom. The van der Waals surface area contributed by atoms with E-state index in [0.29, 0.717) is 11.3 Å². The molecule has 5 heteroatoms. The molecule has 2 aromatic rings. The van der Waals surface area contributed by atoms with E-state index in [1.54, 1.807) is 18.2 Å². The van der Waals surface area contributed by atoms with Crippen molar-refractivity contribution in [3.8, 4) is 5.75 Å². The topological polar surface area (TPSA) is 50.4 Å². The number of unbranched alkanes of at least 4 members (excludes halogenated alkanes) is 1. The molecule has 0 aliphatic rings. The summed E-state index contributed by atoms with van der Waals surface area (Å²) in [5, 5.41) is 6.01. The van der Waals surface area contributed by atoms with Crippen LogP contribution in [0.2, 0.25) is 0 Å². The molecule has 0 aliphatic heterocycles. The number of thiocarbonyl (C=S) groups is 1. The molecule has 0 unspecified atom stereocenters. The maximum Gasteiger partial charge on any atom is 0.257 e. The molecule has 2 rings (SSSR count). The van der Waals surface area contributed by atoms with E-state index in [4.69, 9.17) is 17.0 Å². The highest BCUT2D eigenvalue weighted by Gasteiger charge is 2.09. The van der Waals surface area contributed by atoms with E-state index in [0.717, 1.165) is 12.1 Å². The quantitative estimate of drug-likeness (QED) is 0.678. The maximum atomic E-state index is 12.4. The molecule has 0 heterocycles. The molecule has 138 valence electrons. The summed E-state index contributed by atoms with van der Waals surface area (Å²) in [6.45, 7) is 6.07. The normalized spacial score (nSPS) is 10.5. The number of rotatable bonds is 7. The third-order valence-corrected chi connectivity index (χ3v) is 3.93. The molecule has 0 saturated heterocycles. The Balaban J connectivity index is 1.91. The van der Waals surface area contributed by atoms with Crippen molar-refractivity contribution in [1.29, 1.82) is 0 Å². The van der Waals surface area contributed by atoms with Gasteiger partial charge >= 0.3 is 0 Å². The minimum atomic E-state index is -0.267. The average Bonchev–Trinajstić information content (AvgIpc) is 2.60. The molecule has 0 bridgehead atoms. The average molecular weight is 371 g/mol. The summed E-state index contributed by atoms with van der Waals surface area (Å²) in [6.07, 6.45) is 3.49. The van der Waals surface area contributed by atoms with Crippen LogP contribution >= 0.6 is 12.2 Å². The highest BCUT2D eigenvalue weighted by molar-refractivity contribution is 7.80. The molecule has 0 aromatic heterocycles. The van der Waals surface area contributed by atoms with Gasteiger partial charge in [0.1, 0.15) is 5.75 Å². The fraction of sp³-hybridized carbons (Fsp3) is 0.333. The van der Waals surface area contributed by atoms with E-state index in [1.165, 1.54) is 18.4 Å². The van der Waals surface area contributed by atoms with Gasteiger partial charge in [-0.1, -0.05) is 31.5 Å². The zero-order valence-electron chi connectivity index (χ0n) is 15.5. The minimum absolute atomic E-state index is 0.0522. The van der Waals surface area contributed by atoms with Crippen LogP contribution in [-0.2, 0) is 6.42 Å². The number of hydrogen-bond acceptors (Lipinski definition) is 3. The number of amides is 1. The van der Waals surface area contributed by atoms with Crippen LogP contribution in [0.4, 0.5) is 5.69 Å². The second-order valence-corrected chi connectivity index (χ2v) is 6.81. The van der Waals surface area contributed by atoms with Crippen molar-refractivity contribution in [3.05, 3.63) is 59.7 Å². The molecule has 0 aliphatic carbocycles. The van der Waals surface area contributed by atoms with Gasteiger partial charge in [-0.25, -0.2) is 0 Å². The number of nitrogens with one attached hydrogen (secondary N) is 2. The molecule has 0 spiro atoms. The Morgan fingerprint density at radius 2 is 1.88 bits per heavy atom. The standard InChI is InChI=1S/C21H26N2O2S/c1-4-5-7-16-10-12-18(13-11-16)22-21(26)23-20(24)17-8-6-9-19(14-17)25-15(2)3/h6,8-15H,4-5,7H2,1-3H3,(H2,22,23,24,26). The van der Waals surface area contributed by atoms with E-state index in [1.807, 2.05) is 32.0 Å². The summed E-state index contributed by atoms with van der Waals surface area (Å²) in [6, 6.07) is 15.2. The highest BCUT2D eigenvalue weighted by atomic mass is 32.1. The van der Waals surface area contributed by atoms with Crippen LogP contribution in [0.5, 0.6) is 5.75 Å². The molecule has 4 nitrogen and oxygen atoms in total. The van der Waals surface area contributed by atoms with Crippen molar-refractivity contribution in [3.63, 3.8) is 0 Å². The van der Waals surface area contributed by atoms with E-state index >= 15 is 0 Å². The fourth-order valence-electron chi connectivity index (χ4n) is 2.46. The molecule has 2 aromatic carbocycles. The van der Waals surface area contributed by atoms with Crippen molar-refractivity contribution >= 4 is 28.9 Å². The first-order valence-corrected chi connectivity index (χ1v) is 9.36. The summed E-state index contributed by atoms with van der Waals surface area (Å²) in [5.41, 5.74) is 2.66. The van der Waals surface area contributed by atoms with Gasteiger partial charge in [-0.05, 0) is 74.8 Å². The fourth-order valence-corrected chi connectivity index (χ4v) is 2.67. The Bertz CT molecular complexity index is 742. The number of benzene rings is 2. The lowest BCUT2D eigenvalue weighted by Gasteiger charge is -2.12. The second-order valence-electron chi connectivity index (χ2n) is 6.40. The van der Waals surface area contributed by atoms with Crippen LogP contribution in [-0.4, -0.2) is 17.1 Å². The molecular weight excluding hydrogens is 344 g/mol. The van der Waals surface area contributed by atoms with Gasteiger partial charge in [0.15, 0.2) is 5.11 Å². The van der Waals surface area contributed by atoms with Crippen molar-refractivity contribution < 1.29 is 9.53 Å². The van der Waals surface area contributed by atoms with Crippen molar-refractivity contribution in [2.75, 3.05) is 5.32 Å². The lowest BCUT2D eigenvalue weighted by molar-refractivity contribution is 0.0977. The molecule has 0 atom stereocenters. The summed E-state index contributed by atoms with van der Waals surface area (Å²) in [7, 11) is 0. The predicted molar refractivity (Wildman–Crippen MR) is 111 cm³/mol. The van der Waals surface area contributed by atoms with Crippen LogP contribution < -0.4 is 15.4 Å². The first-order chi connectivity index (χ1) is 12.5. The van der Waals surface area contributed by atoms with Crippen LogP contribution in [0, 0.1) is 0 Å². The first kappa shape index (κ1) is 19.9. The molecule has 26 heavy (non-hydrogen) atoms. The summed E-state index contributed by atoms with van der Waals surface area (Å²) >= 11 is 5.24. The van der Waals surface area contributed by atoms with Crippen molar-refractivity contribution in [1.82, 2.24) is 5.32 Å². The Labute approximate surface area is 161 Å². The van der Waals surface area contributed by atoms with E-state index < -0.39 is 0 Å². The van der Waals surface area contributed by atoms with Gasteiger partial charge in [-0.2, -0.15) is 0 Å². The van der Waals surface area contributed by atoms with Crippen LogP contribution in [0.1, 0.15) is 49.5 Å². The van der Waals surface area contributed by atoms with Crippen molar-refractivity contribution in [2.24, 2.45) is 0 Å². The van der Waals surface area contributed by atoms with Gasteiger partial charge in [0, 0.05) is 11.3 Å². The van der Waals surface area contributed by atoms with E-state index in [2.05, 4.69) is 29.7 Å². The smallest absolute Gasteiger partial charge is 0.257 e. The number of hydrogen-bond donors (Lipinski definition) is 2. The number of carbonyl (C=O) groups is 1. The van der Waals surface area contributed by atoms with Gasteiger partial charge in [0.05, 0.1) is 6.10 Å². The molecule has 1 amide bonds. The lowest BCUT2D eigenvalue weighted by atomic mass is 10.1. The minimum Gasteiger partial charge on any atom is -0.491 e. The van der Waals surface area contributed by atoms with Gasteiger partial charge in [-0.3, -0.25) is 10.1 Å². The van der Waals surface area contributed by atoms with Gasteiger partial charge in [0.25, 0.3) is 5.91 Å². The Hall–Kier alpha value is -2.40. The summed E-state index contributed by atoms with van der Waals surface area (Å²) < 4.78 is 5.62. The zero-order chi connectivity index (χ0) is 18.9. The number of ether oxygens (including phenoxy) is 1. The van der Waals surface area contributed by atoms with Gasteiger partial charge < -0.3 is 10.1 Å². The second kappa shape index (κ2) is 9.92. The molecule has 2 N–H and O–H groups in total. The SMILES string of the molecule is CCCCc1ccc(NC(=S)NC(=O)c2cccc(OC(C)C)c2)cc1. The zero-order valence-corrected chi connectivity index (χ0v) is 16.4. The molecule has 0 radical (unpaired) electrons. The number of aryl methyl sites for hydroxylation is 1. The third-order valence-electron chi connectivity index (χ3n) is 3.73. The highest BCUT2D eigenvalue weighted by Crippen LogP contribution is 2.15. The monoisotopic (exact) mass is 370 g/mol. The van der Waals surface area contributed by atoms with E-state index in [9.17, 15) is 4.79 Å². The largest absolute Gasteiger partial charge is 0.491 e.